The molecule has 0 spiro atoms. The second kappa shape index (κ2) is 6.70. The number of benzene rings is 1. The number of nitrogens with one attached hydrogen (secondary N) is 1. The van der Waals surface area contributed by atoms with Gasteiger partial charge < -0.3 is 5.32 Å². The first-order valence-corrected chi connectivity index (χ1v) is 7.44. The maximum absolute atomic E-state index is 4.50. The molecule has 102 valence electrons. The van der Waals surface area contributed by atoms with Crippen molar-refractivity contribution in [1.82, 2.24) is 14.8 Å². The maximum Gasteiger partial charge on any atom is 0.150 e. The molecule has 0 bridgehead atoms. The molecular weight excluding hydrogens is 304 g/mol. The van der Waals surface area contributed by atoms with Crippen LogP contribution in [0.5, 0.6) is 0 Å². The van der Waals surface area contributed by atoms with E-state index in [0.29, 0.717) is 0 Å². The second-order valence-corrected chi connectivity index (χ2v) is 5.23. The topological polar surface area (TPSA) is 42.7 Å². The molecule has 0 atom stereocenters. The van der Waals surface area contributed by atoms with Gasteiger partial charge in [0.2, 0.25) is 0 Å². The number of aromatic nitrogens is 3. The zero-order valence-corrected chi connectivity index (χ0v) is 12.9. The molecule has 0 saturated carbocycles. The average Bonchev–Trinajstić information content (AvgIpc) is 2.81. The Labute approximate surface area is 122 Å². The summed E-state index contributed by atoms with van der Waals surface area (Å²) in [6.07, 6.45) is 1.81. The molecule has 0 saturated heterocycles. The van der Waals surface area contributed by atoms with Crippen molar-refractivity contribution in [3.8, 4) is 0 Å². The highest BCUT2D eigenvalue weighted by Crippen LogP contribution is 2.15. The number of rotatable bonds is 6. The molecule has 4 nitrogen and oxygen atoms in total. The number of halogens is 1. The molecule has 0 radical (unpaired) electrons. The molecule has 2 rings (SSSR count). The summed E-state index contributed by atoms with van der Waals surface area (Å²) in [5.74, 6) is 1.99. The molecule has 2 aromatic rings. The minimum atomic E-state index is 0.836. The smallest absolute Gasteiger partial charge is 0.150 e. The van der Waals surface area contributed by atoms with Crippen LogP contribution in [0.4, 0.5) is 5.69 Å². The Morgan fingerprint density at radius 1 is 1.26 bits per heavy atom. The fourth-order valence-corrected chi connectivity index (χ4v) is 2.32. The van der Waals surface area contributed by atoms with Gasteiger partial charge in [-0.3, -0.25) is 0 Å². The fraction of sp³-hybridized carbons (Fsp3) is 0.429. The van der Waals surface area contributed by atoms with Gasteiger partial charge in [-0.1, -0.05) is 35.8 Å². The van der Waals surface area contributed by atoms with Crippen LogP contribution in [0, 0.1) is 0 Å². The van der Waals surface area contributed by atoms with Crippen LogP contribution in [-0.4, -0.2) is 21.3 Å². The monoisotopic (exact) mass is 322 g/mol. The Morgan fingerprint density at radius 2 is 2.11 bits per heavy atom. The molecule has 19 heavy (non-hydrogen) atoms. The number of aryl methyl sites for hydroxylation is 2. The van der Waals surface area contributed by atoms with Gasteiger partial charge >= 0.3 is 0 Å². The first kappa shape index (κ1) is 14.1. The standard InChI is InChI=1S/C14H19BrN4/c1-3-13-17-14(4-2)19(18-13)9-8-16-12-7-5-6-11(15)10-12/h5-7,10,16H,3-4,8-9H2,1-2H3. The lowest BCUT2D eigenvalue weighted by Gasteiger charge is -2.08. The summed E-state index contributed by atoms with van der Waals surface area (Å²) in [5.41, 5.74) is 1.11. The van der Waals surface area contributed by atoms with Crippen molar-refractivity contribution in [2.75, 3.05) is 11.9 Å². The first-order valence-electron chi connectivity index (χ1n) is 6.65. The van der Waals surface area contributed by atoms with Crippen molar-refractivity contribution in [3.05, 3.63) is 40.4 Å². The molecule has 0 aliphatic rings. The Morgan fingerprint density at radius 3 is 2.79 bits per heavy atom. The molecule has 0 aliphatic carbocycles. The zero-order valence-electron chi connectivity index (χ0n) is 11.4. The quantitative estimate of drug-likeness (QED) is 0.887. The van der Waals surface area contributed by atoms with Gasteiger partial charge in [0.1, 0.15) is 5.82 Å². The van der Waals surface area contributed by atoms with Gasteiger partial charge in [0.15, 0.2) is 5.82 Å². The Kier molecular flexibility index (Phi) is 4.96. The van der Waals surface area contributed by atoms with Crippen molar-refractivity contribution in [1.29, 1.82) is 0 Å². The van der Waals surface area contributed by atoms with E-state index < -0.39 is 0 Å². The molecule has 5 heteroatoms. The highest BCUT2D eigenvalue weighted by molar-refractivity contribution is 9.10. The third kappa shape index (κ3) is 3.80. The SMILES string of the molecule is CCc1nc(CC)n(CCNc2cccc(Br)c2)n1. The molecule has 0 aliphatic heterocycles. The summed E-state index contributed by atoms with van der Waals surface area (Å²) >= 11 is 3.47. The normalized spacial score (nSPS) is 10.7. The summed E-state index contributed by atoms with van der Waals surface area (Å²) < 4.78 is 3.09. The molecule has 1 aromatic carbocycles. The lowest BCUT2D eigenvalue weighted by molar-refractivity contribution is 0.597. The van der Waals surface area contributed by atoms with E-state index in [2.05, 4.69) is 57.3 Å². The number of hydrogen-bond acceptors (Lipinski definition) is 3. The molecule has 1 N–H and O–H groups in total. The van der Waals surface area contributed by atoms with Crippen LogP contribution in [0.1, 0.15) is 25.5 Å². The van der Waals surface area contributed by atoms with E-state index in [0.717, 1.165) is 47.7 Å². The number of anilines is 1. The zero-order chi connectivity index (χ0) is 13.7. The van der Waals surface area contributed by atoms with Gasteiger partial charge in [-0.25, -0.2) is 9.67 Å². The third-order valence-electron chi connectivity index (χ3n) is 2.90. The Bertz CT molecular complexity index is 536. The summed E-state index contributed by atoms with van der Waals surface area (Å²) in [5, 5.41) is 7.90. The summed E-state index contributed by atoms with van der Waals surface area (Å²) in [4.78, 5) is 4.50. The number of nitrogens with zero attached hydrogens (tertiary/aromatic N) is 3. The van der Waals surface area contributed by atoms with Crippen LogP contribution in [0.15, 0.2) is 28.7 Å². The molecule has 0 unspecified atom stereocenters. The lowest BCUT2D eigenvalue weighted by Crippen LogP contribution is -2.14. The van der Waals surface area contributed by atoms with Crippen molar-refractivity contribution in [2.45, 2.75) is 33.2 Å². The summed E-state index contributed by atoms with van der Waals surface area (Å²) in [6, 6.07) is 8.17. The third-order valence-corrected chi connectivity index (χ3v) is 3.40. The largest absolute Gasteiger partial charge is 0.383 e. The fourth-order valence-electron chi connectivity index (χ4n) is 1.92. The van der Waals surface area contributed by atoms with Crippen LogP contribution in [0.2, 0.25) is 0 Å². The highest BCUT2D eigenvalue weighted by atomic mass is 79.9. The van der Waals surface area contributed by atoms with E-state index in [1.54, 1.807) is 0 Å². The molecule has 1 heterocycles. The predicted octanol–water partition coefficient (Wildman–Crippen LogP) is 3.28. The maximum atomic E-state index is 4.50. The molecule has 0 amide bonds. The lowest BCUT2D eigenvalue weighted by atomic mass is 10.3. The van der Waals surface area contributed by atoms with Gasteiger partial charge in [-0.2, -0.15) is 5.10 Å². The van der Waals surface area contributed by atoms with Crippen molar-refractivity contribution < 1.29 is 0 Å². The van der Waals surface area contributed by atoms with Crippen LogP contribution in [0.3, 0.4) is 0 Å². The van der Waals surface area contributed by atoms with Crippen LogP contribution < -0.4 is 5.32 Å². The van der Waals surface area contributed by atoms with E-state index >= 15 is 0 Å². The molecule has 0 fully saturated rings. The Hall–Kier alpha value is -1.36. The van der Waals surface area contributed by atoms with Crippen molar-refractivity contribution in [2.24, 2.45) is 0 Å². The van der Waals surface area contributed by atoms with Crippen molar-refractivity contribution >= 4 is 21.6 Å². The summed E-state index contributed by atoms with van der Waals surface area (Å²) in [6.45, 7) is 5.87. The van der Waals surface area contributed by atoms with E-state index in [1.165, 1.54) is 0 Å². The van der Waals surface area contributed by atoms with E-state index in [1.807, 2.05) is 16.8 Å². The molecule has 1 aromatic heterocycles. The van der Waals surface area contributed by atoms with E-state index in [9.17, 15) is 0 Å². The highest BCUT2D eigenvalue weighted by Gasteiger charge is 2.06. The van der Waals surface area contributed by atoms with Gasteiger partial charge in [-0.05, 0) is 18.2 Å². The van der Waals surface area contributed by atoms with Gasteiger partial charge in [0.25, 0.3) is 0 Å². The van der Waals surface area contributed by atoms with E-state index in [-0.39, 0.29) is 0 Å². The molecular formula is C14H19BrN4. The predicted molar refractivity (Wildman–Crippen MR) is 81.4 cm³/mol. The van der Waals surface area contributed by atoms with Crippen molar-refractivity contribution in [3.63, 3.8) is 0 Å². The minimum Gasteiger partial charge on any atom is -0.383 e. The summed E-state index contributed by atoms with van der Waals surface area (Å²) in [7, 11) is 0. The van der Waals surface area contributed by atoms with Gasteiger partial charge in [-0.15, -0.1) is 0 Å². The van der Waals surface area contributed by atoms with Crippen LogP contribution in [-0.2, 0) is 19.4 Å². The van der Waals surface area contributed by atoms with Gasteiger partial charge in [0, 0.05) is 29.5 Å². The number of hydrogen-bond donors (Lipinski definition) is 1. The van der Waals surface area contributed by atoms with Crippen LogP contribution in [0.25, 0.3) is 0 Å². The van der Waals surface area contributed by atoms with Gasteiger partial charge in [0.05, 0.1) is 6.54 Å². The first-order chi connectivity index (χ1) is 9.22. The second-order valence-electron chi connectivity index (χ2n) is 4.31. The Balaban J connectivity index is 1.93. The van der Waals surface area contributed by atoms with Crippen LogP contribution >= 0.6 is 15.9 Å². The minimum absolute atomic E-state index is 0.836. The average molecular weight is 323 g/mol. The van der Waals surface area contributed by atoms with E-state index in [4.69, 9.17) is 0 Å².